The van der Waals surface area contributed by atoms with E-state index >= 15 is 0 Å². The molecule has 1 fully saturated rings. The molecule has 1 aromatic heterocycles. The molecule has 0 bridgehead atoms. The molecule has 0 amide bonds. The van der Waals surface area contributed by atoms with Crippen LogP contribution in [0.15, 0.2) is 30.5 Å². The fraction of sp³-hybridized carbons (Fsp3) is 0.444. The Morgan fingerprint density at radius 3 is 2.96 bits per heavy atom. The quantitative estimate of drug-likeness (QED) is 0.831. The summed E-state index contributed by atoms with van der Waals surface area (Å²) in [4.78, 5) is 12.8. The molecular formula is C18H22F2N4O. The highest BCUT2D eigenvalue weighted by molar-refractivity contribution is 5.32. The molecule has 0 N–H and O–H groups in total. The molecule has 1 aliphatic heterocycles. The lowest BCUT2D eigenvalue weighted by molar-refractivity contribution is 0.195. The molecule has 1 saturated heterocycles. The van der Waals surface area contributed by atoms with Crippen molar-refractivity contribution in [3.63, 3.8) is 0 Å². The number of likely N-dealkylation sites (tertiary alicyclic amines) is 1. The van der Waals surface area contributed by atoms with Crippen LogP contribution in [-0.4, -0.2) is 48.2 Å². The number of halogens is 2. The summed E-state index contributed by atoms with van der Waals surface area (Å²) in [6.07, 6.45) is 3.65. The smallest absolute Gasteiger partial charge is 0.228 e. The van der Waals surface area contributed by atoms with Gasteiger partial charge < -0.3 is 9.64 Å². The number of ether oxygens (including phenoxy) is 1. The standard InChI is InChI=1S/C18H22F2N4O/c1-23(18-21-8-7-17(22-18)25-2)15-4-3-9-24(12-15)11-13-10-14(19)5-6-16(13)20/h5-8,10,15H,3-4,9,11-12H2,1-2H3. The minimum atomic E-state index is -0.410. The van der Waals surface area contributed by atoms with Gasteiger partial charge in [0.15, 0.2) is 0 Å². The minimum Gasteiger partial charge on any atom is -0.481 e. The molecule has 1 unspecified atom stereocenters. The van der Waals surface area contributed by atoms with Gasteiger partial charge in [-0.1, -0.05) is 0 Å². The van der Waals surface area contributed by atoms with Crippen molar-refractivity contribution in [2.24, 2.45) is 0 Å². The maximum Gasteiger partial charge on any atom is 0.228 e. The van der Waals surface area contributed by atoms with E-state index in [0.29, 0.717) is 23.9 Å². The predicted molar refractivity (Wildman–Crippen MR) is 91.6 cm³/mol. The normalized spacial score (nSPS) is 18.2. The highest BCUT2D eigenvalue weighted by Gasteiger charge is 2.25. The Labute approximate surface area is 146 Å². The molecular weight excluding hydrogens is 326 g/mol. The summed E-state index contributed by atoms with van der Waals surface area (Å²) >= 11 is 0. The Morgan fingerprint density at radius 1 is 1.32 bits per heavy atom. The van der Waals surface area contributed by atoms with E-state index in [1.165, 1.54) is 12.1 Å². The summed E-state index contributed by atoms with van der Waals surface area (Å²) in [6, 6.07) is 5.51. The van der Waals surface area contributed by atoms with Crippen molar-refractivity contribution >= 4 is 5.95 Å². The number of nitrogens with zero attached hydrogens (tertiary/aromatic N) is 4. The van der Waals surface area contributed by atoms with Crippen molar-refractivity contribution < 1.29 is 13.5 Å². The van der Waals surface area contributed by atoms with E-state index in [9.17, 15) is 8.78 Å². The Morgan fingerprint density at radius 2 is 2.16 bits per heavy atom. The van der Waals surface area contributed by atoms with E-state index in [1.54, 1.807) is 19.4 Å². The second-order valence-corrected chi connectivity index (χ2v) is 6.28. The summed E-state index contributed by atoms with van der Waals surface area (Å²) in [5, 5.41) is 0. The van der Waals surface area contributed by atoms with E-state index in [1.807, 2.05) is 11.9 Å². The van der Waals surface area contributed by atoms with Crippen molar-refractivity contribution in [3.8, 4) is 5.88 Å². The molecule has 0 saturated carbocycles. The molecule has 0 aliphatic carbocycles. The van der Waals surface area contributed by atoms with Crippen LogP contribution < -0.4 is 9.64 Å². The van der Waals surface area contributed by atoms with Crippen LogP contribution in [0, 0.1) is 11.6 Å². The van der Waals surface area contributed by atoms with Gasteiger partial charge in [-0.2, -0.15) is 4.98 Å². The zero-order chi connectivity index (χ0) is 17.8. The molecule has 5 nitrogen and oxygen atoms in total. The van der Waals surface area contributed by atoms with Gasteiger partial charge in [0.25, 0.3) is 0 Å². The van der Waals surface area contributed by atoms with Gasteiger partial charge in [-0.25, -0.2) is 13.8 Å². The van der Waals surface area contributed by atoms with Crippen molar-refractivity contribution in [2.45, 2.75) is 25.4 Å². The van der Waals surface area contributed by atoms with E-state index < -0.39 is 5.82 Å². The predicted octanol–water partition coefficient (Wildman–Crippen LogP) is 2.86. The van der Waals surface area contributed by atoms with Crippen LogP contribution >= 0.6 is 0 Å². The number of hydrogen-bond donors (Lipinski definition) is 0. The number of rotatable bonds is 5. The van der Waals surface area contributed by atoms with Crippen molar-refractivity contribution in [1.29, 1.82) is 0 Å². The number of aromatic nitrogens is 2. The zero-order valence-electron chi connectivity index (χ0n) is 14.5. The van der Waals surface area contributed by atoms with Gasteiger partial charge in [0.2, 0.25) is 11.8 Å². The fourth-order valence-electron chi connectivity index (χ4n) is 3.18. The van der Waals surface area contributed by atoms with Gasteiger partial charge in [-0.05, 0) is 37.6 Å². The lowest BCUT2D eigenvalue weighted by atomic mass is 10.0. The summed E-state index contributed by atoms with van der Waals surface area (Å²) in [6.45, 7) is 2.00. The summed E-state index contributed by atoms with van der Waals surface area (Å²) < 4.78 is 32.4. The van der Waals surface area contributed by atoms with Crippen LogP contribution in [-0.2, 0) is 6.54 Å². The topological polar surface area (TPSA) is 41.5 Å². The Bertz CT molecular complexity index is 728. The third-order valence-electron chi connectivity index (χ3n) is 4.57. The highest BCUT2D eigenvalue weighted by atomic mass is 19.1. The monoisotopic (exact) mass is 348 g/mol. The number of anilines is 1. The largest absolute Gasteiger partial charge is 0.481 e. The second kappa shape index (κ2) is 7.74. The lowest BCUT2D eigenvalue weighted by Gasteiger charge is -2.37. The molecule has 25 heavy (non-hydrogen) atoms. The molecule has 2 heterocycles. The second-order valence-electron chi connectivity index (χ2n) is 6.28. The molecule has 1 aliphatic rings. The number of likely N-dealkylation sites (N-methyl/N-ethyl adjacent to an activating group) is 1. The van der Waals surface area contributed by atoms with Crippen LogP contribution in [0.3, 0.4) is 0 Å². The molecule has 3 rings (SSSR count). The van der Waals surface area contributed by atoms with Crippen molar-refractivity contribution in [3.05, 3.63) is 47.7 Å². The Kier molecular flexibility index (Phi) is 5.43. The Balaban J connectivity index is 1.69. The third kappa shape index (κ3) is 4.22. The first-order chi connectivity index (χ1) is 12.1. The average Bonchev–Trinajstić information content (AvgIpc) is 2.64. The lowest BCUT2D eigenvalue weighted by Crippen LogP contribution is -2.46. The summed E-state index contributed by atoms with van der Waals surface area (Å²) in [5.41, 5.74) is 0.390. The van der Waals surface area contributed by atoms with Gasteiger partial charge >= 0.3 is 0 Å². The maximum atomic E-state index is 13.9. The molecule has 1 aromatic carbocycles. The number of hydrogen-bond acceptors (Lipinski definition) is 5. The molecule has 0 radical (unpaired) electrons. The summed E-state index contributed by atoms with van der Waals surface area (Å²) in [5.74, 6) is 0.342. The highest BCUT2D eigenvalue weighted by Crippen LogP contribution is 2.22. The number of piperidine rings is 1. The zero-order valence-corrected chi connectivity index (χ0v) is 14.5. The van der Waals surface area contributed by atoms with Crippen LogP contribution in [0.1, 0.15) is 18.4 Å². The van der Waals surface area contributed by atoms with Gasteiger partial charge in [-0.15, -0.1) is 0 Å². The maximum absolute atomic E-state index is 13.9. The molecule has 134 valence electrons. The van der Waals surface area contributed by atoms with E-state index in [2.05, 4.69) is 14.9 Å². The van der Waals surface area contributed by atoms with Crippen LogP contribution in [0.4, 0.5) is 14.7 Å². The van der Waals surface area contributed by atoms with Crippen molar-refractivity contribution in [1.82, 2.24) is 14.9 Å². The molecule has 2 aromatic rings. The summed E-state index contributed by atoms with van der Waals surface area (Å²) in [7, 11) is 3.52. The average molecular weight is 348 g/mol. The number of benzene rings is 1. The molecule has 1 atom stereocenters. The van der Waals surface area contributed by atoms with Crippen LogP contribution in [0.25, 0.3) is 0 Å². The van der Waals surface area contributed by atoms with Gasteiger partial charge in [0.1, 0.15) is 11.6 Å². The first kappa shape index (κ1) is 17.5. The SMILES string of the molecule is COc1ccnc(N(C)C2CCCN(Cc3cc(F)ccc3F)C2)n1. The third-order valence-corrected chi connectivity index (χ3v) is 4.57. The fourth-order valence-corrected chi connectivity index (χ4v) is 3.18. The van der Waals surface area contributed by atoms with Crippen molar-refractivity contribution in [2.75, 3.05) is 32.1 Å². The number of methoxy groups -OCH3 is 1. The van der Waals surface area contributed by atoms with Crippen LogP contribution in [0.2, 0.25) is 0 Å². The first-order valence-electron chi connectivity index (χ1n) is 8.33. The minimum absolute atomic E-state index is 0.206. The van der Waals surface area contributed by atoms with E-state index in [4.69, 9.17) is 4.74 Å². The molecule has 7 heteroatoms. The van der Waals surface area contributed by atoms with Gasteiger partial charge in [0.05, 0.1) is 7.11 Å². The molecule has 0 spiro atoms. The van der Waals surface area contributed by atoms with E-state index in [-0.39, 0.29) is 11.9 Å². The first-order valence-corrected chi connectivity index (χ1v) is 8.33. The van der Waals surface area contributed by atoms with Gasteiger partial charge in [0, 0.05) is 44.0 Å². The van der Waals surface area contributed by atoms with Crippen LogP contribution in [0.5, 0.6) is 5.88 Å². The van der Waals surface area contributed by atoms with E-state index in [0.717, 1.165) is 32.0 Å². The Hall–Kier alpha value is -2.28. The van der Waals surface area contributed by atoms with Gasteiger partial charge in [-0.3, -0.25) is 4.90 Å².